The third-order valence-electron chi connectivity index (χ3n) is 3.42. The number of furan rings is 1. The summed E-state index contributed by atoms with van der Waals surface area (Å²) in [6.07, 6.45) is -0.306. The Bertz CT molecular complexity index is 375. The Balaban J connectivity index is 1.70. The van der Waals surface area contributed by atoms with Crippen molar-refractivity contribution in [1.82, 2.24) is 15.1 Å². The summed E-state index contributed by atoms with van der Waals surface area (Å²) >= 11 is 0. The van der Waals surface area contributed by atoms with Crippen molar-refractivity contribution in [3.8, 4) is 0 Å². The molecule has 1 aromatic heterocycles. The SMILES string of the molecule is Cc1ccc(CN(C)CC(O)CN2CCNCC2)o1. The molecule has 1 fully saturated rings. The Morgan fingerprint density at radius 2 is 2.16 bits per heavy atom. The first-order valence-electron chi connectivity index (χ1n) is 6.98. The standard InChI is InChI=1S/C14H25N3O2/c1-12-3-4-14(19-12)11-16(2)9-13(18)10-17-7-5-15-6-8-17/h3-4,13,15,18H,5-11H2,1-2H3. The molecule has 0 radical (unpaired) electrons. The van der Waals surface area contributed by atoms with Crippen molar-refractivity contribution in [2.75, 3.05) is 46.3 Å². The number of β-amino-alcohol motifs (C(OH)–C–C–N with tert-alkyl or cyclic N) is 1. The lowest BCUT2D eigenvalue weighted by Crippen LogP contribution is -2.47. The van der Waals surface area contributed by atoms with Gasteiger partial charge in [0.25, 0.3) is 0 Å². The van der Waals surface area contributed by atoms with E-state index < -0.39 is 0 Å². The van der Waals surface area contributed by atoms with Crippen LogP contribution in [0.25, 0.3) is 0 Å². The van der Waals surface area contributed by atoms with Crippen molar-refractivity contribution in [2.24, 2.45) is 0 Å². The van der Waals surface area contributed by atoms with Crippen LogP contribution < -0.4 is 5.32 Å². The van der Waals surface area contributed by atoms with E-state index in [1.54, 1.807) is 0 Å². The fourth-order valence-electron chi connectivity index (χ4n) is 2.51. The highest BCUT2D eigenvalue weighted by molar-refractivity contribution is 5.05. The van der Waals surface area contributed by atoms with Crippen LogP contribution >= 0.6 is 0 Å². The number of aliphatic hydroxyl groups excluding tert-OH is 1. The highest BCUT2D eigenvalue weighted by Crippen LogP contribution is 2.09. The number of likely N-dealkylation sites (N-methyl/N-ethyl adjacent to an activating group) is 1. The maximum absolute atomic E-state index is 10.1. The van der Waals surface area contributed by atoms with E-state index in [0.29, 0.717) is 6.54 Å². The Labute approximate surface area is 115 Å². The summed E-state index contributed by atoms with van der Waals surface area (Å²) in [5.41, 5.74) is 0. The number of aliphatic hydroxyl groups is 1. The monoisotopic (exact) mass is 267 g/mol. The number of aryl methyl sites for hydroxylation is 1. The lowest BCUT2D eigenvalue weighted by molar-refractivity contribution is 0.0734. The maximum Gasteiger partial charge on any atom is 0.118 e. The zero-order chi connectivity index (χ0) is 13.7. The molecular formula is C14H25N3O2. The highest BCUT2D eigenvalue weighted by atomic mass is 16.3. The van der Waals surface area contributed by atoms with Gasteiger partial charge in [-0.3, -0.25) is 9.80 Å². The van der Waals surface area contributed by atoms with Gasteiger partial charge < -0.3 is 14.8 Å². The van der Waals surface area contributed by atoms with Gasteiger partial charge in [0.2, 0.25) is 0 Å². The van der Waals surface area contributed by atoms with Crippen LogP contribution in [0.5, 0.6) is 0 Å². The first kappa shape index (κ1) is 14.5. The average Bonchev–Trinajstić information content (AvgIpc) is 2.75. The van der Waals surface area contributed by atoms with Crippen molar-refractivity contribution in [1.29, 1.82) is 0 Å². The van der Waals surface area contributed by atoms with Gasteiger partial charge in [0.05, 0.1) is 12.6 Å². The van der Waals surface area contributed by atoms with E-state index in [-0.39, 0.29) is 6.10 Å². The molecule has 1 aromatic rings. The largest absolute Gasteiger partial charge is 0.465 e. The number of rotatable bonds is 6. The molecule has 5 nitrogen and oxygen atoms in total. The molecule has 5 heteroatoms. The van der Waals surface area contributed by atoms with E-state index >= 15 is 0 Å². The quantitative estimate of drug-likeness (QED) is 0.776. The fourth-order valence-corrected chi connectivity index (χ4v) is 2.51. The summed E-state index contributed by atoms with van der Waals surface area (Å²) in [5, 5.41) is 13.4. The Morgan fingerprint density at radius 3 is 2.79 bits per heavy atom. The number of hydrogen-bond donors (Lipinski definition) is 2. The molecule has 1 aliphatic heterocycles. The highest BCUT2D eigenvalue weighted by Gasteiger charge is 2.16. The third-order valence-corrected chi connectivity index (χ3v) is 3.42. The molecule has 0 aromatic carbocycles. The first-order chi connectivity index (χ1) is 9.13. The maximum atomic E-state index is 10.1. The molecule has 1 atom stereocenters. The average molecular weight is 267 g/mol. The summed E-state index contributed by atoms with van der Waals surface area (Å²) in [4.78, 5) is 4.41. The van der Waals surface area contributed by atoms with E-state index in [1.807, 2.05) is 26.1 Å². The van der Waals surface area contributed by atoms with Crippen LogP contribution in [0.15, 0.2) is 16.5 Å². The summed E-state index contributed by atoms with van der Waals surface area (Å²) in [6.45, 7) is 8.21. The fraction of sp³-hybridized carbons (Fsp3) is 0.714. The van der Waals surface area contributed by atoms with Crippen LogP contribution in [0.4, 0.5) is 0 Å². The molecule has 1 saturated heterocycles. The lowest BCUT2D eigenvalue weighted by atomic mass is 10.2. The lowest BCUT2D eigenvalue weighted by Gasteiger charge is -2.30. The molecule has 1 unspecified atom stereocenters. The predicted molar refractivity (Wildman–Crippen MR) is 75.1 cm³/mol. The molecule has 1 aliphatic rings. The van der Waals surface area contributed by atoms with E-state index in [1.165, 1.54) is 0 Å². The Kier molecular flexibility index (Phi) is 5.39. The molecule has 2 N–H and O–H groups in total. The number of hydrogen-bond acceptors (Lipinski definition) is 5. The summed E-state index contributed by atoms with van der Waals surface area (Å²) in [7, 11) is 2.01. The van der Waals surface area contributed by atoms with Gasteiger partial charge in [0.1, 0.15) is 11.5 Å². The van der Waals surface area contributed by atoms with E-state index in [2.05, 4.69) is 15.1 Å². The second kappa shape index (κ2) is 7.05. The second-order valence-electron chi connectivity index (χ2n) is 5.41. The van der Waals surface area contributed by atoms with Gasteiger partial charge in [-0.05, 0) is 26.1 Å². The van der Waals surface area contributed by atoms with Crippen molar-refractivity contribution in [3.63, 3.8) is 0 Å². The molecule has 0 saturated carbocycles. The molecule has 0 aliphatic carbocycles. The zero-order valence-electron chi connectivity index (χ0n) is 11.9. The van der Waals surface area contributed by atoms with Crippen LogP contribution in [0.3, 0.4) is 0 Å². The first-order valence-corrected chi connectivity index (χ1v) is 6.98. The summed E-state index contributed by atoms with van der Waals surface area (Å²) in [6, 6.07) is 3.97. The number of nitrogens with one attached hydrogen (secondary N) is 1. The molecule has 0 spiro atoms. The van der Waals surface area contributed by atoms with Gasteiger partial charge in [-0.2, -0.15) is 0 Å². The minimum absolute atomic E-state index is 0.306. The van der Waals surface area contributed by atoms with Gasteiger partial charge >= 0.3 is 0 Å². The van der Waals surface area contributed by atoms with Gasteiger partial charge in [-0.25, -0.2) is 0 Å². The normalized spacial score (nSPS) is 18.9. The van der Waals surface area contributed by atoms with Crippen molar-refractivity contribution in [2.45, 2.75) is 19.6 Å². The van der Waals surface area contributed by atoms with Crippen molar-refractivity contribution >= 4 is 0 Å². The number of piperazine rings is 1. The Morgan fingerprint density at radius 1 is 1.42 bits per heavy atom. The topological polar surface area (TPSA) is 51.9 Å². The summed E-state index contributed by atoms with van der Waals surface area (Å²) < 4.78 is 5.54. The van der Waals surface area contributed by atoms with Crippen molar-refractivity contribution in [3.05, 3.63) is 23.7 Å². The minimum Gasteiger partial charge on any atom is -0.465 e. The molecular weight excluding hydrogens is 242 g/mol. The smallest absolute Gasteiger partial charge is 0.118 e. The van der Waals surface area contributed by atoms with Crippen LogP contribution in [0, 0.1) is 6.92 Å². The van der Waals surface area contributed by atoms with Crippen LogP contribution in [0.2, 0.25) is 0 Å². The van der Waals surface area contributed by atoms with E-state index in [4.69, 9.17) is 4.42 Å². The minimum atomic E-state index is -0.306. The predicted octanol–water partition coefficient (Wildman–Crippen LogP) is 0.286. The molecule has 108 valence electrons. The number of nitrogens with zero attached hydrogens (tertiary/aromatic N) is 2. The van der Waals surface area contributed by atoms with Gasteiger partial charge in [0.15, 0.2) is 0 Å². The second-order valence-corrected chi connectivity index (χ2v) is 5.41. The van der Waals surface area contributed by atoms with Crippen molar-refractivity contribution < 1.29 is 9.52 Å². The molecule has 0 amide bonds. The molecule has 19 heavy (non-hydrogen) atoms. The van der Waals surface area contributed by atoms with Crippen LogP contribution in [-0.4, -0.2) is 67.3 Å². The molecule has 2 heterocycles. The third kappa shape index (κ3) is 4.95. The molecule has 2 rings (SSSR count). The van der Waals surface area contributed by atoms with Gasteiger partial charge in [-0.1, -0.05) is 0 Å². The van der Waals surface area contributed by atoms with Crippen LogP contribution in [0.1, 0.15) is 11.5 Å². The zero-order valence-corrected chi connectivity index (χ0v) is 11.9. The van der Waals surface area contributed by atoms with Gasteiger partial charge in [0, 0.05) is 39.3 Å². The van der Waals surface area contributed by atoms with Gasteiger partial charge in [-0.15, -0.1) is 0 Å². The van der Waals surface area contributed by atoms with Crippen LogP contribution in [-0.2, 0) is 6.54 Å². The van der Waals surface area contributed by atoms with E-state index in [0.717, 1.165) is 50.8 Å². The molecule has 0 bridgehead atoms. The van der Waals surface area contributed by atoms with E-state index in [9.17, 15) is 5.11 Å². The summed E-state index contributed by atoms with van der Waals surface area (Å²) in [5.74, 6) is 1.89. The Hall–Kier alpha value is -0.880.